The van der Waals surface area contributed by atoms with Crippen LogP contribution in [0.25, 0.3) is 0 Å². The Balaban J connectivity index is 2.21. The SMILES string of the molecule is CC[C@@H](C)C(N)CN1CCCCC1. The van der Waals surface area contributed by atoms with Crippen molar-refractivity contribution < 1.29 is 0 Å². The normalized spacial score (nSPS) is 24.2. The van der Waals surface area contributed by atoms with Crippen LogP contribution in [0.1, 0.15) is 39.5 Å². The van der Waals surface area contributed by atoms with Crippen molar-refractivity contribution in [2.24, 2.45) is 11.7 Å². The molecule has 0 amide bonds. The number of nitrogens with zero attached hydrogens (tertiary/aromatic N) is 1. The number of piperidine rings is 1. The molecule has 1 heterocycles. The molecule has 0 aromatic carbocycles. The van der Waals surface area contributed by atoms with Crippen molar-refractivity contribution in [1.82, 2.24) is 4.90 Å². The van der Waals surface area contributed by atoms with Gasteiger partial charge in [-0.1, -0.05) is 26.7 Å². The molecule has 2 heteroatoms. The van der Waals surface area contributed by atoms with Crippen LogP contribution in [0.3, 0.4) is 0 Å². The summed E-state index contributed by atoms with van der Waals surface area (Å²) in [6.07, 6.45) is 5.35. The van der Waals surface area contributed by atoms with Gasteiger partial charge in [0.05, 0.1) is 0 Å². The van der Waals surface area contributed by atoms with Crippen molar-refractivity contribution >= 4 is 0 Å². The highest BCUT2D eigenvalue weighted by Crippen LogP contribution is 2.12. The van der Waals surface area contributed by atoms with Crippen LogP contribution in [0.2, 0.25) is 0 Å². The maximum absolute atomic E-state index is 6.12. The summed E-state index contributed by atoms with van der Waals surface area (Å²) in [6.45, 7) is 8.12. The molecule has 78 valence electrons. The molecule has 0 aromatic heterocycles. The number of likely N-dealkylation sites (tertiary alicyclic amines) is 1. The molecule has 0 spiro atoms. The molecule has 0 aliphatic carbocycles. The van der Waals surface area contributed by atoms with Crippen molar-refractivity contribution in [1.29, 1.82) is 0 Å². The minimum absolute atomic E-state index is 0.378. The Morgan fingerprint density at radius 1 is 1.23 bits per heavy atom. The van der Waals surface area contributed by atoms with E-state index in [1.54, 1.807) is 0 Å². The summed E-state index contributed by atoms with van der Waals surface area (Å²) >= 11 is 0. The maximum atomic E-state index is 6.12. The zero-order chi connectivity index (χ0) is 9.68. The highest BCUT2D eigenvalue weighted by molar-refractivity contribution is 4.74. The summed E-state index contributed by atoms with van der Waals surface area (Å²) in [5.74, 6) is 0.668. The van der Waals surface area contributed by atoms with Gasteiger partial charge in [-0.2, -0.15) is 0 Å². The third kappa shape index (κ3) is 3.65. The fourth-order valence-corrected chi connectivity index (χ4v) is 1.92. The van der Waals surface area contributed by atoms with Gasteiger partial charge in [-0.05, 0) is 31.8 Å². The van der Waals surface area contributed by atoms with E-state index in [-0.39, 0.29) is 0 Å². The largest absolute Gasteiger partial charge is 0.326 e. The lowest BCUT2D eigenvalue weighted by atomic mass is 9.99. The van der Waals surface area contributed by atoms with Crippen LogP contribution in [0.5, 0.6) is 0 Å². The topological polar surface area (TPSA) is 29.3 Å². The van der Waals surface area contributed by atoms with Gasteiger partial charge in [0.2, 0.25) is 0 Å². The van der Waals surface area contributed by atoms with E-state index in [1.807, 2.05) is 0 Å². The van der Waals surface area contributed by atoms with E-state index in [1.165, 1.54) is 38.8 Å². The standard InChI is InChI=1S/C11H24N2/c1-3-10(2)11(12)9-13-7-5-4-6-8-13/h10-11H,3-9,12H2,1-2H3/t10-,11?/m1/s1. The molecule has 0 saturated carbocycles. The first-order valence-corrected chi connectivity index (χ1v) is 5.72. The molecule has 13 heavy (non-hydrogen) atoms. The number of hydrogen-bond donors (Lipinski definition) is 1. The summed E-state index contributed by atoms with van der Waals surface area (Å²) < 4.78 is 0. The van der Waals surface area contributed by atoms with Gasteiger partial charge in [-0.3, -0.25) is 0 Å². The van der Waals surface area contributed by atoms with E-state index >= 15 is 0 Å². The van der Waals surface area contributed by atoms with Gasteiger partial charge < -0.3 is 10.6 Å². The lowest BCUT2D eigenvalue weighted by molar-refractivity contribution is 0.198. The molecule has 2 atom stereocenters. The lowest BCUT2D eigenvalue weighted by Gasteiger charge is -2.30. The van der Waals surface area contributed by atoms with Gasteiger partial charge in [0, 0.05) is 12.6 Å². The molecule has 1 fully saturated rings. The average molecular weight is 184 g/mol. The van der Waals surface area contributed by atoms with Crippen LogP contribution in [0, 0.1) is 5.92 Å². The highest BCUT2D eigenvalue weighted by Gasteiger charge is 2.16. The number of nitrogens with two attached hydrogens (primary N) is 1. The Hall–Kier alpha value is -0.0800. The summed E-state index contributed by atoms with van der Waals surface area (Å²) in [5.41, 5.74) is 6.12. The first-order valence-electron chi connectivity index (χ1n) is 5.72. The number of hydrogen-bond acceptors (Lipinski definition) is 2. The molecule has 1 aliphatic heterocycles. The molecule has 0 radical (unpaired) electrons. The fourth-order valence-electron chi connectivity index (χ4n) is 1.92. The predicted molar refractivity (Wildman–Crippen MR) is 57.7 cm³/mol. The maximum Gasteiger partial charge on any atom is 0.0193 e. The minimum atomic E-state index is 0.378. The van der Waals surface area contributed by atoms with E-state index in [9.17, 15) is 0 Å². The van der Waals surface area contributed by atoms with Crippen molar-refractivity contribution in [2.45, 2.75) is 45.6 Å². The van der Waals surface area contributed by atoms with Gasteiger partial charge in [-0.15, -0.1) is 0 Å². The second-order valence-corrected chi connectivity index (χ2v) is 4.41. The molecule has 0 bridgehead atoms. The second kappa shape index (κ2) is 5.61. The monoisotopic (exact) mass is 184 g/mol. The van der Waals surface area contributed by atoms with Gasteiger partial charge >= 0.3 is 0 Å². The van der Waals surface area contributed by atoms with Crippen LogP contribution < -0.4 is 5.73 Å². The zero-order valence-corrected chi connectivity index (χ0v) is 9.13. The first-order chi connectivity index (χ1) is 6.24. The summed E-state index contributed by atoms with van der Waals surface area (Å²) in [5, 5.41) is 0. The summed E-state index contributed by atoms with van der Waals surface area (Å²) in [6, 6.07) is 0.378. The number of rotatable bonds is 4. The molecule has 1 unspecified atom stereocenters. The Labute approximate surface area is 82.5 Å². The molecule has 1 saturated heterocycles. The highest BCUT2D eigenvalue weighted by atomic mass is 15.1. The fraction of sp³-hybridized carbons (Fsp3) is 1.00. The van der Waals surface area contributed by atoms with Gasteiger partial charge in [-0.25, -0.2) is 0 Å². The third-order valence-corrected chi connectivity index (χ3v) is 3.29. The van der Waals surface area contributed by atoms with Crippen LogP contribution in [-0.2, 0) is 0 Å². The first kappa shape index (κ1) is 11.0. The summed E-state index contributed by atoms with van der Waals surface area (Å²) in [4.78, 5) is 2.53. The third-order valence-electron chi connectivity index (χ3n) is 3.29. The van der Waals surface area contributed by atoms with Crippen LogP contribution in [-0.4, -0.2) is 30.6 Å². The zero-order valence-electron chi connectivity index (χ0n) is 9.13. The van der Waals surface area contributed by atoms with Gasteiger partial charge in [0.25, 0.3) is 0 Å². The Morgan fingerprint density at radius 3 is 2.38 bits per heavy atom. The van der Waals surface area contributed by atoms with E-state index in [2.05, 4.69) is 18.7 Å². The van der Waals surface area contributed by atoms with Crippen molar-refractivity contribution in [2.75, 3.05) is 19.6 Å². The van der Waals surface area contributed by atoms with Crippen molar-refractivity contribution in [3.63, 3.8) is 0 Å². The quantitative estimate of drug-likeness (QED) is 0.722. The minimum Gasteiger partial charge on any atom is -0.326 e. The molecule has 2 nitrogen and oxygen atoms in total. The van der Waals surface area contributed by atoms with E-state index < -0.39 is 0 Å². The molecule has 2 N–H and O–H groups in total. The Bertz CT molecular complexity index is 130. The second-order valence-electron chi connectivity index (χ2n) is 4.41. The van der Waals surface area contributed by atoms with Gasteiger partial charge in [0.15, 0.2) is 0 Å². The lowest BCUT2D eigenvalue weighted by Crippen LogP contribution is -2.43. The molecule has 1 aliphatic rings. The smallest absolute Gasteiger partial charge is 0.0193 e. The average Bonchev–Trinajstić information content (AvgIpc) is 2.18. The molecular formula is C11H24N2. The molecular weight excluding hydrogens is 160 g/mol. The Morgan fingerprint density at radius 2 is 1.85 bits per heavy atom. The van der Waals surface area contributed by atoms with Crippen LogP contribution >= 0.6 is 0 Å². The van der Waals surface area contributed by atoms with Crippen molar-refractivity contribution in [3.8, 4) is 0 Å². The van der Waals surface area contributed by atoms with E-state index in [0.29, 0.717) is 12.0 Å². The molecule has 0 aromatic rings. The molecule has 1 rings (SSSR count). The predicted octanol–water partition coefficient (Wildman–Crippen LogP) is 1.85. The van der Waals surface area contributed by atoms with E-state index in [0.717, 1.165) is 6.54 Å². The van der Waals surface area contributed by atoms with Crippen molar-refractivity contribution in [3.05, 3.63) is 0 Å². The van der Waals surface area contributed by atoms with Crippen LogP contribution in [0.4, 0.5) is 0 Å². The van der Waals surface area contributed by atoms with Gasteiger partial charge in [0.1, 0.15) is 0 Å². The Kier molecular flexibility index (Phi) is 4.74. The summed E-state index contributed by atoms with van der Waals surface area (Å²) in [7, 11) is 0. The van der Waals surface area contributed by atoms with Crippen LogP contribution in [0.15, 0.2) is 0 Å². The van der Waals surface area contributed by atoms with E-state index in [4.69, 9.17) is 5.73 Å².